The first-order valence-electron chi connectivity index (χ1n) is 7.03. The Morgan fingerprint density at radius 3 is 2.83 bits per heavy atom. The second-order valence-electron chi connectivity index (χ2n) is 4.99. The Morgan fingerprint density at radius 2 is 2.13 bits per heavy atom. The van der Waals surface area contributed by atoms with Crippen LogP contribution in [0.3, 0.4) is 0 Å². The lowest BCUT2D eigenvalue weighted by atomic mass is 10.1. The second-order valence-corrected chi connectivity index (χ2v) is 5.96. The number of methoxy groups -OCH3 is 2. The van der Waals surface area contributed by atoms with Crippen LogP contribution in [-0.2, 0) is 4.79 Å². The van der Waals surface area contributed by atoms with E-state index < -0.39 is 0 Å². The van der Waals surface area contributed by atoms with Gasteiger partial charge in [-0.1, -0.05) is 11.8 Å². The van der Waals surface area contributed by atoms with Crippen LogP contribution in [0.15, 0.2) is 29.7 Å². The van der Waals surface area contributed by atoms with Gasteiger partial charge in [-0.05, 0) is 12.1 Å². The number of carbonyl (C=O) groups is 1. The van der Waals surface area contributed by atoms with Gasteiger partial charge < -0.3 is 20.1 Å². The predicted molar refractivity (Wildman–Crippen MR) is 91.2 cm³/mol. The number of ether oxygens (including phenoxy) is 2. The van der Waals surface area contributed by atoms with Crippen molar-refractivity contribution in [1.82, 2.24) is 15.6 Å². The molecule has 3 rings (SSSR count). The SMILES string of the molecule is COc1ccc2c(OC)cc(C3=CSC(NC(C)=O)N3)nc2c1. The van der Waals surface area contributed by atoms with Gasteiger partial charge in [0.25, 0.3) is 0 Å². The molecular formula is C16H17N3O3S. The molecule has 1 unspecified atom stereocenters. The van der Waals surface area contributed by atoms with Gasteiger partial charge in [0.2, 0.25) is 5.91 Å². The summed E-state index contributed by atoms with van der Waals surface area (Å²) in [5.74, 6) is 1.39. The highest BCUT2D eigenvalue weighted by Gasteiger charge is 2.20. The summed E-state index contributed by atoms with van der Waals surface area (Å²) in [5.41, 5.74) is 2.20. The molecule has 2 N–H and O–H groups in total. The second kappa shape index (κ2) is 6.37. The Kier molecular flexibility index (Phi) is 4.29. The lowest BCUT2D eigenvalue weighted by Crippen LogP contribution is -2.38. The lowest BCUT2D eigenvalue weighted by molar-refractivity contribution is -0.119. The molecule has 6 nitrogen and oxygen atoms in total. The summed E-state index contributed by atoms with van der Waals surface area (Å²) < 4.78 is 10.7. The fraction of sp³-hybridized carbons (Fsp3) is 0.250. The molecule has 0 radical (unpaired) electrons. The van der Waals surface area contributed by atoms with E-state index >= 15 is 0 Å². The van der Waals surface area contributed by atoms with Crippen LogP contribution >= 0.6 is 11.8 Å². The van der Waals surface area contributed by atoms with Crippen LogP contribution in [0.1, 0.15) is 12.6 Å². The Hall–Kier alpha value is -2.41. The molecular weight excluding hydrogens is 314 g/mol. The van der Waals surface area contributed by atoms with Crippen molar-refractivity contribution < 1.29 is 14.3 Å². The Labute approximate surface area is 138 Å². The molecule has 1 aromatic carbocycles. The lowest BCUT2D eigenvalue weighted by Gasteiger charge is -2.14. The number of pyridine rings is 1. The molecule has 2 aromatic rings. The summed E-state index contributed by atoms with van der Waals surface area (Å²) in [6.45, 7) is 1.49. The van der Waals surface area contributed by atoms with Gasteiger partial charge in [-0.25, -0.2) is 4.98 Å². The third kappa shape index (κ3) is 3.19. The van der Waals surface area contributed by atoms with Crippen molar-refractivity contribution in [3.63, 3.8) is 0 Å². The van der Waals surface area contributed by atoms with E-state index in [0.717, 1.165) is 33.8 Å². The summed E-state index contributed by atoms with van der Waals surface area (Å²) >= 11 is 1.49. The number of hydrogen-bond acceptors (Lipinski definition) is 6. The molecule has 1 aromatic heterocycles. The molecule has 0 aliphatic carbocycles. The maximum Gasteiger partial charge on any atom is 0.219 e. The summed E-state index contributed by atoms with van der Waals surface area (Å²) in [6.07, 6.45) is 0. The first-order valence-corrected chi connectivity index (χ1v) is 7.97. The first-order chi connectivity index (χ1) is 11.1. The number of nitrogens with zero attached hydrogens (tertiary/aromatic N) is 1. The Morgan fingerprint density at radius 1 is 1.30 bits per heavy atom. The van der Waals surface area contributed by atoms with Crippen molar-refractivity contribution in [3.05, 3.63) is 35.4 Å². The van der Waals surface area contributed by atoms with Gasteiger partial charge in [0.05, 0.1) is 31.1 Å². The molecule has 1 amide bonds. The molecule has 0 spiro atoms. The molecule has 1 atom stereocenters. The number of amides is 1. The van der Waals surface area contributed by atoms with Gasteiger partial charge in [0, 0.05) is 29.9 Å². The van der Waals surface area contributed by atoms with Gasteiger partial charge in [-0.2, -0.15) is 0 Å². The average Bonchev–Trinajstić information content (AvgIpc) is 3.00. The summed E-state index contributed by atoms with van der Waals surface area (Å²) in [4.78, 5) is 15.8. The summed E-state index contributed by atoms with van der Waals surface area (Å²) in [6, 6.07) is 7.55. The Balaban J connectivity index is 1.97. The smallest absolute Gasteiger partial charge is 0.219 e. The number of aromatic nitrogens is 1. The third-order valence-corrected chi connectivity index (χ3v) is 4.30. The normalized spacial score (nSPS) is 16.7. The zero-order valence-electron chi connectivity index (χ0n) is 13.0. The minimum Gasteiger partial charge on any atom is -0.497 e. The highest BCUT2D eigenvalue weighted by atomic mass is 32.2. The molecule has 1 aliphatic rings. The van der Waals surface area contributed by atoms with Crippen molar-refractivity contribution in [2.45, 2.75) is 12.4 Å². The van der Waals surface area contributed by atoms with Gasteiger partial charge in [-0.15, -0.1) is 0 Å². The summed E-state index contributed by atoms with van der Waals surface area (Å²) in [5, 5.41) is 8.89. The largest absolute Gasteiger partial charge is 0.497 e. The van der Waals surface area contributed by atoms with E-state index in [1.165, 1.54) is 18.7 Å². The highest BCUT2D eigenvalue weighted by Crippen LogP contribution is 2.32. The van der Waals surface area contributed by atoms with Crippen LogP contribution in [0.4, 0.5) is 0 Å². The third-order valence-electron chi connectivity index (χ3n) is 3.42. The van der Waals surface area contributed by atoms with Crippen LogP contribution in [0.2, 0.25) is 0 Å². The topological polar surface area (TPSA) is 72.5 Å². The number of carbonyl (C=O) groups excluding carboxylic acids is 1. The number of thioether (sulfide) groups is 1. The molecule has 120 valence electrons. The van der Waals surface area contributed by atoms with Gasteiger partial charge in [0.15, 0.2) is 5.50 Å². The molecule has 0 saturated heterocycles. The molecule has 1 aliphatic heterocycles. The molecule has 0 fully saturated rings. The first kappa shape index (κ1) is 15.5. The maximum atomic E-state index is 11.2. The number of fused-ring (bicyclic) bond motifs is 1. The van der Waals surface area contributed by atoms with Crippen LogP contribution in [0.5, 0.6) is 11.5 Å². The van der Waals surface area contributed by atoms with Crippen LogP contribution in [0.25, 0.3) is 16.6 Å². The fourth-order valence-electron chi connectivity index (χ4n) is 2.34. The van der Waals surface area contributed by atoms with Crippen molar-refractivity contribution in [2.75, 3.05) is 14.2 Å². The van der Waals surface area contributed by atoms with Crippen molar-refractivity contribution in [3.8, 4) is 11.5 Å². The van der Waals surface area contributed by atoms with E-state index in [1.54, 1.807) is 14.2 Å². The minimum absolute atomic E-state index is 0.0848. The van der Waals surface area contributed by atoms with E-state index in [-0.39, 0.29) is 11.4 Å². The monoisotopic (exact) mass is 331 g/mol. The van der Waals surface area contributed by atoms with E-state index in [1.807, 2.05) is 29.7 Å². The zero-order chi connectivity index (χ0) is 16.4. The van der Waals surface area contributed by atoms with Crippen molar-refractivity contribution >= 4 is 34.3 Å². The van der Waals surface area contributed by atoms with Gasteiger partial charge in [0.1, 0.15) is 11.5 Å². The number of hydrogen-bond donors (Lipinski definition) is 2. The van der Waals surface area contributed by atoms with Crippen molar-refractivity contribution in [1.29, 1.82) is 0 Å². The standard InChI is InChI=1S/C16H17N3O3S/c1-9(20)17-16-19-14(8-23-16)13-7-15(22-3)11-5-4-10(21-2)6-12(11)18-13/h4-8,16,19H,1-3H3,(H,17,20). The fourth-order valence-corrected chi connectivity index (χ4v) is 3.23. The molecule has 2 heterocycles. The van der Waals surface area contributed by atoms with Crippen molar-refractivity contribution in [2.24, 2.45) is 0 Å². The van der Waals surface area contributed by atoms with E-state index in [4.69, 9.17) is 9.47 Å². The van der Waals surface area contributed by atoms with Crippen LogP contribution < -0.4 is 20.1 Å². The number of benzene rings is 1. The molecule has 23 heavy (non-hydrogen) atoms. The van der Waals surface area contributed by atoms with Gasteiger partial charge >= 0.3 is 0 Å². The predicted octanol–water partition coefficient (Wildman–Crippen LogP) is 2.31. The van der Waals surface area contributed by atoms with E-state index in [0.29, 0.717) is 0 Å². The van der Waals surface area contributed by atoms with Gasteiger partial charge in [-0.3, -0.25) is 4.79 Å². The van der Waals surface area contributed by atoms with Crippen LogP contribution in [-0.4, -0.2) is 30.6 Å². The maximum absolute atomic E-state index is 11.2. The zero-order valence-corrected chi connectivity index (χ0v) is 13.9. The molecule has 0 bridgehead atoms. The van der Waals surface area contributed by atoms with Crippen LogP contribution in [0, 0.1) is 0 Å². The molecule has 0 saturated carbocycles. The van der Waals surface area contributed by atoms with E-state index in [9.17, 15) is 4.79 Å². The summed E-state index contributed by atoms with van der Waals surface area (Å²) in [7, 11) is 3.26. The quantitative estimate of drug-likeness (QED) is 0.896. The highest BCUT2D eigenvalue weighted by molar-refractivity contribution is 8.03. The minimum atomic E-state index is -0.184. The number of rotatable bonds is 4. The number of nitrogens with one attached hydrogen (secondary N) is 2. The molecule has 7 heteroatoms. The Bertz CT molecular complexity index is 791. The average molecular weight is 331 g/mol. The van der Waals surface area contributed by atoms with E-state index in [2.05, 4.69) is 15.6 Å².